The summed E-state index contributed by atoms with van der Waals surface area (Å²) in [5.74, 6) is -1.29. The minimum absolute atomic E-state index is 0.552. The molecule has 0 bridgehead atoms. The lowest BCUT2D eigenvalue weighted by atomic mass is 10.3. The number of rotatable bonds is 4. The predicted octanol–water partition coefficient (Wildman–Crippen LogP) is 0.858. The van der Waals surface area contributed by atoms with Crippen LogP contribution in [0, 0.1) is 3.57 Å². The van der Waals surface area contributed by atoms with Gasteiger partial charge in [0.1, 0.15) is 0 Å². The number of aliphatic carboxylic acids is 1. The number of amides is 2. The number of urea groups is 1. The maximum atomic E-state index is 11.4. The Kier molecular flexibility index (Phi) is 5.16. The van der Waals surface area contributed by atoms with Gasteiger partial charge >= 0.3 is 12.0 Å². The van der Waals surface area contributed by atoms with Gasteiger partial charge in [0.05, 0.1) is 6.61 Å². The van der Waals surface area contributed by atoms with E-state index in [0.29, 0.717) is 5.69 Å². The van der Waals surface area contributed by atoms with E-state index in [-0.39, 0.29) is 0 Å². The zero-order chi connectivity index (χ0) is 12.8. The van der Waals surface area contributed by atoms with Gasteiger partial charge in [0.2, 0.25) is 0 Å². The number of anilines is 1. The van der Waals surface area contributed by atoms with Crippen LogP contribution in [-0.2, 0) is 4.79 Å². The molecule has 17 heavy (non-hydrogen) atoms. The van der Waals surface area contributed by atoms with Gasteiger partial charge in [-0.2, -0.15) is 0 Å². The predicted molar refractivity (Wildman–Crippen MR) is 69.8 cm³/mol. The average Bonchev–Trinajstić information content (AvgIpc) is 2.25. The highest BCUT2D eigenvalue weighted by atomic mass is 127. The Labute approximate surface area is 111 Å². The van der Waals surface area contributed by atoms with Gasteiger partial charge in [-0.15, -0.1) is 0 Å². The van der Waals surface area contributed by atoms with Crippen LogP contribution in [0.4, 0.5) is 10.5 Å². The van der Waals surface area contributed by atoms with Crippen LogP contribution in [0.1, 0.15) is 0 Å². The van der Waals surface area contributed by atoms with Crippen LogP contribution in [0.3, 0.4) is 0 Å². The third-order valence-electron chi connectivity index (χ3n) is 1.87. The fourth-order valence-corrected chi connectivity index (χ4v) is 1.62. The SMILES string of the molecule is O=C(Nc1cccc(I)c1)N[C@H](CO)C(=O)O. The molecule has 1 aromatic rings. The van der Waals surface area contributed by atoms with Crippen molar-refractivity contribution in [1.82, 2.24) is 5.32 Å². The second kappa shape index (κ2) is 6.40. The monoisotopic (exact) mass is 350 g/mol. The van der Waals surface area contributed by atoms with Gasteiger partial charge in [-0.1, -0.05) is 6.07 Å². The minimum atomic E-state index is -1.31. The number of halogens is 1. The van der Waals surface area contributed by atoms with Crippen molar-refractivity contribution in [2.75, 3.05) is 11.9 Å². The van der Waals surface area contributed by atoms with Crippen LogP contribution < -0.4 is 10.6 Å². The maximum absolute atomic E-state index is 11.4. The lowest BCUT2D eigenvalue weighted by Gasteiger charge is -2.12. The lowest BCUT2D eigenvalue weighted by Crippen LogP contribution is -2.45. The average molecular weight is 350 g/mol. The molecule has 1 rings (SSSR count). The van der Waals surface area contributed by atoms with Crippen molar-refractivity contribution in [3.63, 3.8) is 0 Å². The molecule has 1 atom stereocenters. The molecular formula is C10H11IN2O4. The number of carbonyl (C=O) groups excluding carboxylic acids is 1. The van der Waals surface area contributed by atoms with Crippen molar-refractivity contribution < 1.29 is 19.8 Å². The number of carboxylic acids is 1. The first-order valence-corrected chi connectivity index (χ1v) is 5.77. The highest BCUT2D eigenvalue weighted by molar-refractivity contribution is 14.1. The molecule has 1 aromatic carbocycles. The molecule has 0 aliphatic rings. The number of hydrogen-bond donors (Lipinski definition) is 4. The van der Waals surface area contributed by atoms with E-state index >= 15 is 0 Å². The summed E-state index contributed by atoms with van der Waals surface area (Å²) < 4.78 is 0.942. The molecule has 0 spiro atoms. The molecule has 0 fully saturated rings. The third kappa shape index (κ3) is 4.57. The Morgan fingerprint density at radius 2 is 2.12 bits per heavy atom. The third-order valence-corrected chi connectivity index (χ3v) is 2.54. The molecule has 92 valence electrons. The summed E-state index contributed by atoms with van der Waals surface area (Å²) in [5.41, 5.74) is 0.552. The first kappa shape index (κ1) is 13.7. The molecule has 2 amide bonds. The lowest BCUT2D eigenvalue weighted by molar-refractivity contribution is -0.140. The Balaban J connectivity index is 2.58. The molecule has 0 unspecified atom stereocenters. The number of aliphatic hydroxyl groups excluding tert-OH is 1. The van der Waals surface area contributed by atoms with E-state index < -0.39 is 24.6 Å². The van der Waals surface area contributed by atoms with Crippen molar-refractivity contribution in [3.8, 4) is 0 Å². The quantitative estimate of drug-likeness (QED) is 0.606. The van der Waals surface area contributed by atoms with E-state index in [2.05, 4.69) is 33.2 Å². The zero-order valence-corrected chi connectivity index (χ0v) is 10.8. The van der Waals surface area contributed by atoms with E-state index in [0.717, 1.165) is 3.57 Å². The minimum Gasteiger partial charge on any atom is -0.480 e. The number of hydrogen-bond acceptors (Lipinski definition) is 3. The number of benzene rings is 1. The smallest absolute Gasteiger partial charge is 0.328 e. The van der Waals surface area contributed by atoms with E-state index in [4.69, 9.17) is 10.2 Å². The summed E-state index contributed by atoms with van der Waals surface area (Å²) in [6.07, 6.45) is 0. The second-order valence-corrected chi connectivity index (χ2v) is 4.43. The van der Waals surface area contributed by atoms with Gasteiger partial charge in [-0.3, -0.25) is 0 Å². The molecule has 7 heteroatoms. The molecular weight excluding hydrogens is 339 g/mol. The Morgan fingerprint density at radius 1 is 1.41 bits per heavy atom. The summed E-state index contributed by atoms with van der Waals surface area (Å²) >= 11 is 2.09. The molecule has 0 saturated heterocycles. The van der Waals surface area contributed by atoms with Crippen LogP contribution >= 0.6 is 22.6 Å². The van der Waals surface area contributed by atoms with E-state index in [1.807, 2.05) is 6.07 Å². The summed E-state index contributed by atoms with van der Waals surface area (Å²) in [4.78, 5) is 22.0. The first-order chi connectivity index (χ1) is 8.02. The topological polar surface area (TPSA) is 98.7 Å². The number of carbonyl (C=O) groups is 2. The molecule has 0 saturated carbocycles. The van der Waals surface area contributed by atoms with Gasteiger partial charge in [0.15, 0.2) is 6.04 Å². The Morgan fingerprint density at radius 3 is 2.65 bits per heavy atom. The van der Waals surface area contributed by atoms with Crippen molar-refractivity contribution in [2.24, 2.45) is 0 Å². The molecule has 0 aliphatic carbocycles. The van der Waals surface area contributed by atoms with Crippen LogP contribution in [0.15, 0.2) is 24.3 Å². The van der Waals surface area contributed by atoms with Crippen LogP contribution in [-0.4, -0.2) is 34.9 Å². The largest absolute Gasteiger partial charge is 0.480 e. The van der Waals surface area contributed by atoms with Crippen molar-refractivity contribution in [2.45, 2.75) is 6.04 Å². The van der Waals surface area contributed by atoms with Gasteiger partial charge < -0.3 is 20.8 Å². The maximum Gasteiger partial charge on any atom is 0.328 e. The normalized spacial score (nSPS) is 11.6. The molecule has 6 nitrogen and oxygen atoms in total. The summed E-state index contributed by atoms with van der Waals surface area (Å²) in [5, 5.41) is 22.0. The summed E-state index contributed by atoms with van der Waals surface area (Å²) in [6.45, 7) is -0.658. The fraction of sp³-hybridized carbons (Fsp3) is 0.200. The van der Waals surface area contributed by atoms with Crippen molar-refractivity contribution >= 4 is 40.3 Å². The molecule has 0 heterocycles. The van der Waals surface area contributed by atoms with Gasteiger partial charge in [-0.05, 0) is 40.8 Å². The van der Waals surface area contributed by atoms with E-state index in [9.17, 15) is 9.59 Å². The molecule has 0 aromatic heterocycles. The first-order valence-electron chi connectivity index (χ1n) is 4.69. The zero-order valence-electron chi connectivity index (χ0n) is 8.68. The second-order valence-electron chi connectivity index (χ2n) is 3.18. The van der Waals surface area contributed by atoms with Crippen molar-refractivity contribution in [1.29, 1.82) is 0 Å². The van der Waals surface area contributed by atoms with Crippen LogP contribution in [0.2, 0.25) is 0 Å². The summed E-state index contributed by atoms with van der Waals surface area (Å²) in [6, 6.07) is 5.05. The molecule has 4 N–H and O–H groups in total. The number of aliphatic hydroxyl groups is 1. The fourth-order valence-electron chi connectivity index (χ4n) is 1.08. The van der Waals surface area contributed by atoms with Gasteiger partial charge in [0, 0.05) is 9.26 Å². The van der Waals surface area contributed by atoms with E-state index in [1.165, 1.54) is 0 Å². The van der Waals surface area contributed by atoms with Crippen LogP contribution in [0.25, 0.3) is 0 Å². The van der Waals surface area contributed by atoms with Crippen molar-refractivity contribution in [3.05, 3.63) is 27.8 Å². The van der Waals surface area contributed by atoms with Gasteiger partial charge in [-0.25, -0.2) is 9.59 Å². The Hall–Kier alpha value is -1.35. The highest BCUT2D eigenvalue weighted by Crippen LogP contribution is 2.11. The number of nitrogens with one attached hydrogen (secondary N) is 2. The summed E-state index contributed by atoms with van der Waals surface area (Å²) in [7, 11) is 0. The van der Waals surface area contributed by atoms with Crippen LogP contribution in [0.5, 0.6) is 0 Å². The molecule has 0 radical (unpaired) electrons. The van der Waals surface area contributed by atoms with Gasteiger partial charge in [0.25, 0.3) is 0 Å². The van der Waals surface area contributed by atoms with E-state index in [1.54, 1.807) is 18.2 Å². The molecule has 0 aliphatic heterocycles. The number of carboxylic acid groups (broad SMARTS) is 1. The Bertz CT molecular complexity index is 425. The standard InChI is InChI=1S/C10H11IN2O4/c11-6-2-1-3-7(4-6)12-10(17)13-8(5-14)9(15)16/h1-4,8,14H,5H2,(H,15,16)(H2,12,13,17)/t8-/m1/s1. The highest BCUT2D eigenvalue weighted by Gasteiger charge is 2.18.